The van der Waals surface area contributed by atoms with Crippen molar-refractivity contribution in [1.29, 1.82) is 0 Å². The topological polar surface area (TPSA) is 57.7 Å². The molecule has 2 aliphatic heterocycles. The summed E-state index contributed by atoms with van der Waals surface area (Å²) in [4.78, 5) is 18.6. The van der Waals surface area contributed by atoms with Gasteiger partial charge in [-0.3, -0.25) is 4.79 Å². The number of anilines is 1. The lowest BCUT2D eigenvalue weighted by atomic mass is 10.1. The van der Waals surface area contributed by atoms with E-state index in [0.29, 0.717) is 13.0 Å². The molecular weight excluding hydrogens is 368 g/mol. The zero-order valence-electron chi connectivity index (χ0n) is 15.0. The molecule has 5 nitrogen and oxygen atoms in total. The third-order valence-corrected chi connectivity index (χ3v) is 8.55. The van der Waals surface area contributed by atoms with Crippen LogP contribution in [0.25, 0.3) is 0 Å². The Morgan fingerprint density at radius 3 is 2.65 bits per heavy atom. The van der Waals surface area contributed by atoms with Crippen molar-refractivity contribution in [2.24, 2.45) is 0 Å². The number of sulfone groups is 1. The van der Waals surface area contributed by atoms with Crippen molar-refractivity contribution in [3.8, 4) is 0 Å². The maximum absolute atomic E-state index is 13.3. The summed E-state index contributed by atoms with van der Waals surface area (Å²) < 4.78 is 24.0. The first-order chi connectivity index (χ1) is 12.5. The number of hydrogen-bond acceptors (Lipinski definition) is 5. The molecule has 0 aromatic heterocycles. The Hall–Kier alpha value is -1.21. The van der Waals surface area contributed by atoms with Gasteiger partial charge in [0.05, 0.1) is 23.7 Å². The molecule has 1 atom stereocenters. The molecule has 0 spiro atoms. The number of amides is 1. The summed E-state index contributed by atoms with van der Waals surface area (Å²) in [6, 6.07) is 8.32. The van der Waals surface area contributed by atoms with E-state index in [1.807, 2.05) is 28.8 Å². The summed E-state index contributed by atoms with van der Waals surface area (Å²) in [6.07, 6.45) is 4.88. The molecule has 1 aliphatic carbocycles. The first-order valence-corrected chi connectivity index (χ1v) is 12.3. The second-order valence-corrected chi connectivity index (χ2v) is 10.9. The van der Waals surface area contributed by atoms with Crippen molar-refractivity contribution in [2.75, 3.05) is 35.2 Å². The second-order valence-electron chi connectivity index (χ2n) is 7.53. The molecule has 1 aromatic carbocycles. The van der Waals surface area contributed by atoms with Crippen LogP contribution in [0.2, 0.25) is 0 Å². The normalized spacial score (nSPS) is 25.2. The number of hydrogen-bond donors (Lipinski definition) is 0. The fourth-order valence-corrected chi connectivity index (χ4v) is 7.28. The monoisotopic (exact) mass is 394 g/mol. The van der Waals surface area contributed by atoms with Crippen molar-refractivity contribution in [3.63, 3.8) is 0 Å². The van der Waals surface area contributed by atoms with Gasteiger partial charge in [-0.2, -0.15) is 0 Å². The Morgan fingerprint density at radius 1 is 1.15 bits per heavy atom. The molecule has 1 saturated carbocycles. The highest BCUT2D eigenvalue weighted by Gasteiger charge is 2.39. The van der Waals surface area contributed by atoms with Crippen LogP contribution in [0.5, 0.6) is 0 Å². The Balaban J connectivity index is 1.54. The summed E-state index contributed by atoms with van der Waals surface area (Å²) in [7, 11) is -3.00. The fraction of sp³-hybridized carbons (Fsp3) is 0.632. The highest BCUT2D eigenvalue weighted by molar-refractivity contribution is 7.99. The lowest BCUT2D eigenvalue weighted by Gasteiger charge is -2.37. The minimum absolute atomic E-state index is 0.0979. The maximum atomic E-state index is 13.3. The van der Waals surface area contributed by atoms with Crippen LogP contribution in [-0.4, -0.2) is 61.7 Å². The SMILES string of the molecule is O=C(CN1CCSc2ccccc21)N(C1CCCC1)[C@H]1CCS(=O)(=O)C1. The van der Waals surface area contributed by atoms with Gasteiger partial charge in [-0.25, -0.2) is 8.42 Å². The number of fused-ring (bicyclic) bond motifs is 1. The number of carbonyl (C=O) groups is 1. The Kier molecular flexibility index (Phi) is 5.19. The number of benzene rings is 1. The van der Waals surface area contributed by atoms with Crippen LogP contribution in [0.3, 0.4) is 0 Å². The zero-order chi connectivity index (χ0) is 18.1. The molecule has 2 heterocycles. The van der Waals surface area contributed by atoms with Gasteiger partial charge in [-0.15, -0.1) is 11.8 Å². The molecule has 142 valence electrons. The molecule has 2 fully saturated rings. The molecule has 1 aromatic rings. The van der Waals surface area contributed by atoms with Gasteiger partial charge in [0, 0.05) is 29.3 Å². The predicted molar refractivity (Wildman–Crippen MR) is 106 cm³/mol. The lowest BCUT2D eigenvalue weighted by molar-refractivity contribution is -0.134. The molecule has 0 N–H and O–H groups in total. The van der Waals surface area contributed by atoms with E-state index in [4.69, 9.17) is 0 Å². The van der Waals surface area contributed by atoms with Gasteiger partial charge < -0.3 is 9.80 Å². The zero-order valence-corrected chi connectivity index (χ0v) is 16.6. The number of rotatable bonds is 4. The van der Waals surface area contributed by atoms with Crippen molar-refractivity contribution >= 4 is 33.2 Å². The first kappa shape index (κ1) is 18.2. The summed E-state index contributed by atoms with van der Waals surface area (Å²) in [6.45, 7) is 1.21. The molecule has 4 rings (SSSR count). The smallest absolute Gasteiger partial charge is 0.242 e. The quantitative estimate of drug-likeness (QED) is 0.786. The van der Waals surface area contributed by atoms with E-state index in [2.05, 4.69) is 17.0 Å². The van der Waals surface area contributed by atoms with E-state index in [9.17, 15) is 13.2 Å². The summed E-state index contributed by atoms with van der Waals surface area (Å²) in [5.41, 5.74) is 1.13. The van der Waals surface area contributed by atoms with Gasteiger partial charge in [0.15, 0.2) is 9.84 Å². The fourth-order valence-electron chi connectivity index (χ4n) is 4.52. The first-order valence-electron chi connectivity index (χ1n) is 9.52. The number of carbonyl (C=O) groups excluding carboxylic acids is 1. The number of nitrogens with zero attached hydrogens (tertiary/aromatic N) is 2. The molecule has 3 aliphatic rings. The Bertz CT molecular complexity index is 775. The highest BCUT2D eigenvalue weighted by Crippen LogP contribution is 2.35. The van der Waals surface area contributed by atoms with Gasteiger partial charge in [0.25, 0.3) is 0 Å². The van der Waals surface area contributed by atoms with Gasteiger partial charge in [0.1, 0.15) is 0 Å². The van der Waals surface area contributed by atoms with E-state index in [0.717, 1.165) is 43.7 Å². The summed E-state index contributed by atoms with van der Waals surface area (Å²) in [5.74, 6) is 1.44. The number of para-hydroxylation sites is 1. The van der Waals surface area contributed by atoms with Gasteiger partial charge in [-0.05, 0) is 31.4 Å². The van der Waals surface area contributed by atoms with Crippen LogP contribution in [0.15, 0.2) is 29.2 Å². The minimum Gasteiger partial charge on any atom is -0.360 e. The average Bonchev–Trinajstić information content (AvgIpc) is 3.26. The molecule has 0 radical (unpaired) electrons. The third-order valence-electron chi connectivity index (χ3n) is 5.76. The van der Waals surface area contributed by atoms with E-state index in [-0.39, 0.29) is 29.5 Å². The van der Waals surface area contributed by atoms with Crippen LogP contribution in [0.4, 0.5) is 5.69 Å². The van der Waals surface area contributed by atoms with E-state index in [1.165, 1.54) is 4.90 Å². The van der Waals surface area contributed by atoms with Crippen LogP contribution in [0.1, 0.15) is 32.1 Å². The van der Waals surface area contributed by atoms with Gasteiger partial charge >= 0.3 is 0 Å². The standard InChI is InChI=1S/C19H26N2O3S2/c22-19(13-20-10-11-25-18-8-4-3-7-17(18)20)21(15-5-1-2-6-15)16-9-12-26(23,24)14-16/h3-4,7-8,15-16H,1-2,5-6,9-14H2/t16-/m0/s1. The van der Waals surface area contributed by atoms with Crippen molar-refractivity contribution in [1.82, 2.24) is 4.90 Å². The van der Waals surface area contributed by atoms with E-state index >= 15 is 0 Å². The lowest BCUT2D eigenvalue weighted by Crippen LogP contribution is -2.51. The Morgan fingerprint density at radius 2 is 1.92 bits per heavy atom. The highest BCUT2D eigenvalue weighted by atomic mass is 32.2. The molecule has 1 saturated heterocycles. The number of thioether (sulfide) groups is 1. The largest absolute Gasteiger partial charge is 0.360 e. The van der Waals surface area contributed by atoms with Crippen molar-refractivity contribution in [3.05, 3.63) is 24.3 Å². The predicted octanol–water partition coefficient (Wildman–Crippen LogP) is 2.56. The van der Waals surface area contributed by atoms with Gasteiger partial charge in [0.2, 0.25) is 5.91 Å². The van der Waals surface area contributed by atoms with Crippen LogP contribution in [-0.2, 0) is 14.6 Å². The van der Waals surface area contributed by atoms with Crippen molar-refractivity contribution < 1.29 is 13.2 Å². The van der Waals surface area contributed by atoms with Crippen LogP contribution < -0.4 is 4.90 Å². The molecular formula is C19H26N2O3S2. The molecule has 1 amide bonds. The summed E-state index contributed by atoms with van der Waals surface area (Å²) in [5, 5.41) is 0. The molecule has 0 unspecified atom stereocenters. The second kappa shape index (κ2) is 7.43. The summed E-state index contributed by atoms with van der Waals surface area (Å²) >= 11 is 1.83. The van der Waals surface area contributed by atoms with Gasteiger partial charge in [-0.1, -0.05) is 25.0 Å². The minimum atomic E-state index is -3.00. The van der Waals surface area contributed by atoms with Crippen LogP contribution in [0, 0.1) is 0 Å². The maximum Gasteiger partial charge on any atom is 0.242 e. The van der Waals surface area contributed by atoms with Crippen LogP contribution >= 0.6 is 11.8 Å². The third kappa shape index (κ3) is 3.74. The van der Waals surface area contributed by atoms with Crippen molar-refractivity contribution in [2.45, 2.75) is 49.1 Å². The Labute approximate surface area is 160 Å². The molecule has 26 heavy (non-hydrogen) atoms. The molecule has 0 bridgehead atoms. The van der Waals surface area contributed by atoms with E-state index < -0.39 is 9.84 Å². The van der Waals surface area contributed by atoms with E-state index in [1.54, 1.807) is 0 Å². The molecule has 7 heteroatoms. The average molecular weight is 395 g/mol.